The van der Waals surface area contributed by atoms with Crippen LogP contribution in [0.3, 0.4) is 0 Å². The molecule has 0 aliphatic heterocycles. The molecule has 0 unspecified atom stereocenters. The molecule has 0 heterocycles. The fourth-order valence-electron chi connectivity index (χ4n) is 2.41. The van der Waals surface area contributed by atoms with Gasteiger partial charge in [-0.05, 0) is 50.1 Å². The van der Waals surface area contributed by atoms with Crippen molar-refractivity contribution in [3.63, 3.8) is 0 Å². The third-order valence-electron chi connectivity index (χ3n) is 3.65. The number of benzene rings is 2. The molecule has 1 N–H and O–H groups in total. The van der Waals surface area contributed by atoms with E-state index in [1.54, 1.807) is 0 Å². The van der Waals surface area contributed by atoms with Gasteiger partial charge in [-0.3, -0.25) is 14.9 Å². The van der Waals surface area contributed by atoms with E-state index in [-0.39, 0.29) is 11.6 Å². The first-order valence-corrected chi connectivity index (χ1v) is 8.46. The largest absolute Gasteiger partial charge is 0.490 e. The molecule has 26 heavy (non-hydrogen) atoms. The number of amides is 1. The molecule has 0 radical (unpaired) electrons. The first kappa shape index (κ1) is 19.2. The van der Waals surface area contributed by atoms with Gasteiger partial charge in [0.2, 0.25) is 0 Å². The van der Waals surface area contributed by atoms with Crippen molar-refractivity contribution < 1.29 is 19.2 Å². The van der Waals surface area contributed by atoms with E-state index < -0.39 is 4.92 Å². The molecule has 0 aliphatic rings. The fraction of sp³-hybridized carbons (Fsp3) is 0.316. The molecule has 0 fully saturated rings. The van der Waals surface area contributed by atoms with Crippen LogP contribution in [0.25, 0.3) is 0 Å². The molecule has 0 aliphatic carbocycles. The van der Waals surface area contributed by atoms with Crippen molar-refractivity contribution in [2.24, 2.45) is 0 Å². The smallest absolute Gasteiger partial charge is 0.269 e. The molecule has 2 rings (SSSR count). The maximum atomic E-state index is 12.1. The zero-order valence-electron chi connectivity index (χ0n) is 14.9. The van der Waals surface area contributed by atoms with E-state index in [9.17, 15) is 14.9 Å². The van der Waals surface area contributed by atoms with Gasteiger partial charge >= 0.3 is 0 Å². The topological polar surface area (TPSA) is 90.7 Å². The van der Waals surface area contributed by atoms with E-state index >= 15 is 0 Å². The van der Waals surface area contributed by atoms with Gasteiger partial charge in [-0.15, -0.1) is 0 Å². The number of carbonyl (C=O) groups excluding carboxylic acids is 1. The highest BCUT2D eigenvalue weighted by molar-refractivity contribution is 5.94. The number of non-ortho nitro benzene ring substituents is 1. The van der Waals surface area contributed by atoms with Crippen LogP contribution in [0.1, 0.15) is 29.8 Å². The third-order valence-corrected chi connectivity index (χ3v) is 3.65. The summed E-state index contributed by atoms with van der Waals surface area (Å²) >= 11 is 0. The van der Waals surface area contributed by atoms with E-state index in [1.807, 2.05) is 32.0 Å². The normalized spacial score (nSPS) is 10.2. The van der Waals surface area contributed by atoms with Crippen molar-refractivity contribution in [2.45, 2.75) is 20.3 Å². The number of hydrogen-bond acceptors (Lipinski definition) is 5. The average molecular weight is 358 g/mol. The van der Waals surface area contributed by atoms with Crippen molar-refractivity contribution in [1.29, 1.82) is 0 Å². The van der Waals surface area contributed by atoms with Gasteiger partial charge in [-0.2, -0.15) is 0 Å². The number of ether oxygens (including phenoxy) is 2. The Morgan fingerprint density at radius 1 is 1.04 bits per heavy atom. The molecule has 2 aromatic carbocycles. The number of carbonyl (C=O) groups is 1. The van der Waals surface area contributed by atoms with Gasteiger partial charge in [0.15, 0.2) is 11.5 Å². The molecule has 2 aromatic rings. The van der Waals surface area contributed by atoms with Crippen molar-refractivity contribution in [1.82, 2.24) is 5.32 Å². The zero-order chi connectivity index (χ0) is 18.9. The van der Waals surface area contributed by atoms with Gasteiger partial charge in [-0.25, -0.2) is 0 Å². The second-order valence-electron chi connectivity index (χ2n) is 5.46. The van der Waals surface area contributed by atoms with Crippen LogP contribution in [0, 0.1) is 10.1 Å². The highest BCUT2D eigenvalue weighted by Crippen LogP contribution is 2.28. The molecule has 0 atom stereocenters. The summed E-state index contributed by atoms with van der Waals surface area (Å²) < 4.78 is 11.1. The summed E-state index contributed by atoms with van der Waals surface area (Å²) in [6, 6.07) is 11.2. The zero-order valence-corrected chi connectivity index (χ0v) is 14.9. The van der Waals surface area contributed by atoms with Gasteiger partial charge < -0.3 is 14.8 Å². The fourth-order valence-corrected chi connectivity index (χ4v) is 2.41. The predicted molar refractivity (Wildman–Crippen MR) is 97.9 cm³/mol. The molecule has 7 heteroatoms. The number of rotatable bonds is 9. The maximum Gasteiger partial charge on any atom is 0.269 e. The summed E-state index contributed by atoms with van der Waals surface area (Å²) in [5.74, 6) is 1.12. The second-order valence-corrected chi connectivity index (χ2v) is 5.46. The molecule has 0 saturated heterocycles. The SMILES string of the molecule is CCOc1ccc(CCNC(=O)c2ccc([N+](=O)[O-])cc2)cc1OCC. The number of nitro benzene ring substituents is 1. The van der Waals surface area contributed by atoms with E-state index in [0.717, 1.165) is 5.56 Å². The Morgan fingerprint density at radius 2 is 1.69 bits per heavy atom. The lowest BCUT2D eigenvalue weighted by molar-refractivity contribution is -0.384. The monoisotopic (exact) mass is 358 g/mol. The van der Waals surface area contributed by atoms with Crippen LogP contribution >= 0.6 is 0 Å². The van der Waals surface area contributed by atoms with E-state index in [4.69, 9.17) is 9.47 Å². The Bertz CT molecular complexity index is 759. The lowest BCUT2D eigenvalue weighted by Gasteiger charge is -2.12. The summed E-state index contributed by atoms with van der Waals surface area (Å²) in [4.78, 5) is 22.2. The van der Waals surface area contributed by atoms with Crippen molar-refractivity contribution in [3.05, 3.63) is 63.7 Å². The number of nitrogens with one attached hydrogen (secondary N) is 1. The standard InChI is InChI=1S/C19H22N2O5/c1-3-25-17-10-5-14(13-18(17)26-4-2)11-12-20-19(22)15-6-8-16(9-7-15)21(23)24/h5-10,13H,3-4,11-12H2,1-2H3,(H,20,22). The molecule has 0 spiro atoms. The number of nitrogens with zero attached hydrogens (tertiary/aromatic N) is 1. The Hall–Kier alpha value is -3.09. The van der Waals surface area contributed by atoms with Gasteiger partial charge in [0.05, 0.1) is 18.1 Å². The molecule has 1 amide bonds. The summed E-state index contributed by atoms with van der Waals surface area (Å²) in [5, 5.41) is 13.4. The van der Waals surface area contributed by atoms with Crippen LogP contribution in [0.5, 0.6) is 11.5 Å². The second kappa shape index (κ2) is 9.41. The van der Waals surface area contributed by atoms with Crippen LogP contribution in [0.4, 0.5) is 5.69 Å². The van der Waals surface area contributed by atoms with Crippen LogP contribution < -0.4 is 14.8 Å². The maximum absolute atomic E-state index is 12.1. The number of hydrogen-bond donors (Lipinski definition) is 1. The molecule has 0 aromatic heterocycles. The molecule has 7 nitrogen and oxygen atoms in total. The van der Waals surface area contributed by atoms with Crippen molar-refractivity contribution in [3.8, 4) is 11.5 Å². The predicted octanol–water partition coefficient (Wildman–Crippen LogP) is 3.36. The summed E-state index contributed by atoms with van der Waals surface area (Å²) in [6.07, 6.45) is 0.630. The summed E-state index contributed by atoms with van der Waals surface area (Å²) in [6.45, 7) is 5.37. The molecule has 138 valence electrons. The Kier molecular flexibility index (Phi) is 6.96. The first-order chi connectivity index (χ1) is 12.5. The lowest BCUT2D eigenvalue weighted by Crippen LogP contribution is -2.25. The minimum atomic E-state index is -0.496. The van der Waals surface area contributed by atoms with E-state index in [2.05, 4.69) is 5.32 Å². The van der Waals surface area contributed by atoms with Gasteiger partial charge in [-0.1, -0.05) is 6.07 Å². The summed E-state index contributed by atoms with van der Waals surface area (Å²) in [5.41, 5.74) is 1.36. The minimum absolute atomic E-state index is 0.0422. The van der Waals surface area contributed by atoms with Crippen LogP contribution in [0.2, 0.25) is 0 Å². The minimum Gasteiger partial charge on any atom is -0.490 e. The van der Waals surface area contributed by atoms with Crippen LogP contribution in [-0.4, -0.2) is 30.6 Å². The van der Waals surface area contributed by atoms with Gasteiger partial charge in [0.25, 0.3) is 11.6 Å². The van der Waals surface area contributed by atoms with Crippen LogP contribution in [-0.2, 0) is 6.42 Å². The van der Waals surface area contributed by atoms with E-state index in [0.29, 0.717) is 43.2 Å². The van der Waals surface area contributed by atoms with Crippen molar-refractivity contribution in [2.75, 3.05) is 19.8 Å². The lowest BCUT2D eigenvalue weighted by atomic mass is 10.1. The Labute approximate surface area is 152 Å². The van der Waals surface area contributed by atoms with Crippen LogP contribution in [0.15, 0.2) is 42.5 Å². The average Bonchev–Trinajstić information content (AvgIpc) is 2.64. The van der Waals surface area contributed by atoms with Crippen molar-refractivity contribution >= 4 is 11.6 Å². The highest BCUT2D eigenvalue weighted by Gasteiger charge is 2.10. The molecule has 0 saturated carbocycles. The first-order valence-electron chi connectivity index (χ1n) is 8.46. The van der Waals surface area contributed by atoms with Gasteiger partial charge in [0, 0.05) is 24.2 Å². The molecular weight excluding hydrogens is 336 g/mol. The molecule has 0 bridgehead atoms. The van der Waals surface area contributed by atoms with E-state index in [1.165, 1.54) is 24.3 Å². The summed E-state index contributed by atoms with van der Waals surface area (Å²) in [7, 11) is 0. The molecular formula is C19H22N2O5. The third kappa shape index (κ3) is 5.20. The van der Waals surface area contributed by atoms with Gasteiger partial charge in [0.1, 0.15) is 0 Å². The quantitative estimate of drug-likeness (QED) is 0.548. The highest BCUT2D eigenvalue weighted by atomic mass is 16.6. The Morgan fingerprint density at radius 3 is 2.31 bits per heavy atom. The number of nitro groups is 1. The Balaban J connectivity index is 1.93.